The number of ether oxygens (including phenoxy) is 2. The lowest BCUT2D eigenvalue weighted by molar-refractivity contribution is -0.143. The van der Waals surface area contributed by atoms with Crippen LogP contribution in [0.15, 0.2) is 77.2 Å². The lowest BCUT2D eigenvalue weighted by Crippen LogP contribution is -2.08. The van der Waals surface area contributed by atoms with E-state index in [1.54, 1.807) is 12.1 Å². The van der Waals surface area contributed by atoms with E-state index < -0.39 is 5.97 Å². The zero-order valence-electron chi connectivity index (χ0n) is 39.3. The quantitative estimate of drug-likeness (QED) is 0.0232. The largest absolute Gasteiger partial charge is 0.469 e. The van der Waals surface area contributed by atoms with E-state index in [0.29, 0.717) is 12.8 Å². The van der Waals surface area contributed by atoms with Gasteiger partial charge in [-0.05, 0) is 74.4 Å². The number of aromatic nitrogens is 1. The topological polar surface area (TPSA) is 132 Å². The lowest BCUT2D eigenvalue weighted by atomic mass is 10.1. The molecule has 0 aliphatic rings. The van der Waals surface area contributed by atoms with Crippen LogP contribution in [0.1, 0.15) is 187 Å². The summed E-state index contributed by atoms with van der Waals surface area (Å²) in [6, 6.07) is 19.4. The number of nitrogens with one attached hydrogen (secondary N) is 2. The van der Waals surface area contributed by atoms with Crippen molar-refractivity contribution in [2.75, 3.05) is 19.5 Å². The summed E-state index contributed by atoms with van der Waals surface area (Å²) in [5, 5.41) is 3.88. The number of carbonyl (C=O) groups excluding carboxylic acids is 4. The minimum Gasteiger partial charge on any atom is -0.469 e. The highest BCUT2D eigenvalue weighted by Gasteiger charge is 2.08. The van der Waals surface area contributed by atoms with Crippen LogP contribution in [-0.4, -0.2) is 42.2 Å². The first-order valence-electron chi connectivity index (χ1n) is 23.5. The Hall–Kier alpha value is -4.24. The molecule has 2 N–H and O–H groups in total. The predicted molar refractivity (Wildman–Crippen MR) is 260 cm³/mol. The Morgan fingerprint density at radius 1 is 0.613 bits per heavy atom. The summed E-state index contributed by atoms with van der Waals surface area (Å²) in [6.45, 7) is 8.76. The summed E-state index contributed by atoms with van der Waals surface area (Å²) < 4.78 is 9.11. The zero-order valence-corrected chi connectivity index (χ0v) is 40.0. The van der Waals surface area contributed by atoms with E-state index in [4.69, 9.17) is 16.3 Å². The average molecular weight is 882 g/mol. The molecule has 0 saturated heterocycles. The van der Waals surface area contributed by atoms with Crippen molar-refractivity contribution in [3.8, 4) is 0 Å². The summed E-state index contributed by atoms with van der Waals surface area (Å²) in [7, 11) is 2.71. The maximum Gasteiger partial charge on any atom is 0.332 e. The molecule has 0 spiro atoms. The van der Waals surface area contributed by atoms with Gasteiger partial charge in [-0.15, -0.1) is 0 Å². The number of methoxy groups -OCH3 is 2. The maximum absolute atomic E-state index is 11.9. The summed E-state index contributed by atoms with van der Waals surface area (Å²) in [6.07, 6.45) is 28.2. The van der Waals surface area contributed by atoms with Crippen molar-refractivity contribution in [2.45, 2.75) is 188 Å². The summed E-state index contributed by atoms with van der Waals surface area (Å²) in [4.78, 5) is 58.8. The number of fused-ring (bicyclic) bond motifs is 1. The van der Waals surface area contributed by atoms with Crippen LogP contribution in [0.4, 0.5) is 5.69 Å². The molecular weight excluding hydrogens is 800 g/mol. The minimum atomic E-state index is -0.427. The van der Waals surface area contributed by atoms with Crippen molar-refractivity contribution in [1.29, 1.82) is 0 Å². The van der Waals surface area contributed by atoms with Crippen LogP contribution in [0.25, 0.3) is 10.9 Å². The number of carbonyl (C=O) groups is 4. The van der Waals surface area contributed by atoms with Gasteiger partial charge in [0, 0.05) is 53.0 Å². The van der Waals surface area contributed by atoms with Crippen LogP contribution < -0.4 is 10.7 Å². The van der Waals surface area contributed by atoms with Gasteiger partial charge in [0.15, 0.2) is 5.43 Å². The molecule has 0 unspecified atom stereocenters. The Balaban J connectivity index is 0.000000825. The van der Waals surface area contributed by atoms with Crippen LogP contribution in [-0.2, 0) is 35.1 Å². The van der Waals surface area contributed by atoms with E-state index in [0.717, 1.165) is 79.3 Å². The molecule has 10 heteroatoms. The van der Waals surface area contributed by atoms with Crippen LogP contribution >= 0.6 is 11.6 Å². The number of esters is 2. The number of allylic oxidation sites excluding steroid dienone is 1. The molecule has 0 atom stereocenters. The van der Waals surface area contributed by atoms with Crippen molar-refractivity contribution >= 4 is 51.2 Å². The number of para-hydroxylation sites is 2. The molecule has 1 aromatic heterocycles. The number of anilines is 1. The second kappa shape index (κ2) is 40.8. The Bertz CT molecular complexity index is 1690. The first-order valence-corrected chi connectivity index (χ1v) is 23.9. The maximum atomic E-state index is 11.9. The number of Topliss-reactive ketones (excluding diaryl/α,β-unsaturated/α-hetero) is 1. The van der Waals surface area contributed by atoms with Gasteiger partial charge >= 0.3 is 11.9 Å². The summed E-state index contributed by atoms with van der Waals surface area (Å²) in [5.41, 5.74) is 4.06. The highest BCUT2D eigenvalue weighted by atomic mass is 35.5. The number of hydrogen-bond acceptors (Lipinski definition) is 8. The van der Waals surface area contributed by atoms with Crippen LogP contribution in [0.5, 0.6) is 0 Å². The van der Waals surface area contributed by atoms with Crippen molar-refractivity contribution in [3.63, 3.8) is 0 Å². The Labute approximate surface area is 379 Å². The van der Waals surface area contributed by atoms with Crippen molar-refractivity contribution < 1.29 is 28.7 Å². The van der Waals surface area contributed by atoms with E-state index in [9.17, 15) is 24.0 Å². The highest BCUT2D eigenvalue weighted by Crippen LogP contribution is 2.16. The molecule has 348 valence electrons. The third-order valence-electron chi connectivity index (χ3n) is 10.1. The number of ketones is 1. The van der Waals surface area contributed by atoms with E-state index in [-0.39, 0.29) is 28.8 Å². The van der Waals surface area contributed by atoms with Gasteiger partial charge in [0.2, 0.25) is 5.24 Å². The van der Waals surface area contributed by atoms with Crippen molar-refractivity contribution in [3.05, 3.63) is 88.4 Å². The predicted octanol–water partition coefficient (Wildman–Crippen LogP) is 14.1. The van der Waals surface area contributed by atoms with E-state index in [1.807, 2.05) is 54.6 Å². The SMILES string of the molecule is CCCCCCC/C(=C/C(=O)OC)Nc1ccccc1.CCCCCCCC(=O)CC(=O)OC.CCCCCCCC(=O)Cl.CCCCCCCc1cc(=O)c2ccccc2[nH]1. The second-order valence-corrected chi connectivity index (χ2v) is 16.1. The van der Waals surface area contributed by atoms with Gasteiger partial charge in [0.25, 0.3) is 0 Å². The fourth-order valence-corrected chi connectivity index (χ4v) is 6.55. The zero-order chi connectivity index (χ0) is 46.1. The molecule has 0 aliphatic heterocycles. The number of halogens is 1. The van der Waals surface area contributed by atoms with E-state index in [2.05, 4.69) is 42.7 Å². The molecular formula is C52H81ClN2O7. The Kier molecular flexibility index (Phi) is 38.0. The number of unbranched alkanes of at least 4 members (excludes halogenated alkanes) is 16. The second-order valence-electron chi connectivity index (χ2n) is 15.7. The monoisotopic (exact) mass is 881 g/mol. The first-order chi connectivity index (χ1) is 30.0. The van der Waals surface area contributed by atoms with Gasteiger partial charge in [-0.1, -0.05) is 161 Å². The van der Waals surface area contributed by atoms with Gasteiger partial charge in [-0.3, -0.25) is 19.2 Å². The number of aryl methyl sites for hydroxylation is 1. The lowest BCUT2D eigenvalue weighted by Gasteiger charge is -2.11. The summed E-state index contributed by atoms with van der Waals surface area (Å²) >= 11 is 5.15. The molecule has 0 amide bonds. The van der Waals surface area contributed by atoms with Crippen LogP contribution in [0.3, 0.4) is 0 Å². The number of hydrogen-bond donors (Lipinski definition) is 2. The van der Waals surface area contributed by atoms with Gasteiger partial charge in [-0.25, -0.2) is 4.79 Å². The van der Waals surface area contributed by atoms with Gasteiger partial charge in [0.1, 0.15) is 12.2 Å². The Morgan fingerprint density at radius 2 is 1.11 bits per heavy atom. The fourth-order valence-electron chi connectivity index (χ4n) is 6.42. The molecule has 0 radical (unpaired) electrons. The van der Waals surface area contributed by atoms with Gasteiger partial charge in [-0.2, -0.15) is 0 Å². The first kappa shape index (κ1) is 57.8. The third kappa shape index (κ3) is 33.4. The minimum absolute atomic E-state index is 0.00616. The van der Waals surface area contributed by atoms with Crippen molar-refractivity contribution in [2.24, 2.45) is 0 Å². The third-order valence-corrected chi connectivity index (χ3v) is 10.3. The molecule has 3 rings (SSSR count). The molecule has 0 saturated carbocycles. The smallest absolute Gasteiger partial charge is 0.332 e. The molecule has 62 heavy (non-hydrogen) atoms. The number of H-pyrrole nitrogens is 1. The molecule has 0 bridgehead atoms. The fraction of sp³-hybridized carbons (Fsp3) is 0.596. The standard InChI is InChI=1S/C17H25NO2.C16H21NO.C11H20O3.C8H15ClO/c1-3-4-5-6-8-13-16(14-17(19)20-2)18-15-11-9-7-10-12-15;1-2-3-4-5-6-9-13-12-16(18)14-10-7-8-11-15(14)17-13;1-3-4-5-6-7-8-10(12)9-11(13)14-2;1-2-3-4-5-6-7-8(9)10/h7,9-12,14,18H,3-6,8,13H2,1-2H3;7-8,10-12H,2-6,9H2,1H3,(H,17,18);3-9H2,1-2H3;2-7H2,1H3/b16-14-;;;. The van der Waals surface area contributed by atoms with Crippen LogP contribution in [0.2, 0.25) is 0 Å². The van der Waals surface area contributed by atoms with Gasteiger partial charge < -0.3 is 19.8 Å². The molecule has 2 aromatic carbocycles. The van der Waals surface area contributed by atoms with E-state index in [1.165, 1.54) is 104 Å². The normalized spacial score (nSPS) is 10.6. The number of rotatable bonds is 29. The summed E-state index contributed by atoms with van der Waals surface area (Å²) in [5.74, 6) is -0.742. The van der Waals surface area contributed by atoms with E-state index >= 15 is 0 Å². The highest BCUT2D eigenvalue weighted by molar-refractivity contribution is 6.63. The molecule has 9 nitrogen and oxygen atoms in total. The number of benzene rings is 2. The van der Waals surface area contributed by atoms with Crippen molar-refractivity contribution in [1.82, 2.24) is 4.98 Å². The van der Waals surface area contributed by atoms with Gasteiger partial charge in [0.05, 0.1) is 14.2 Å². The molecule has 0 aliphatic carbocycles. The molecule has 0 fully saturated rings. The van der Waals surface area contributed by atoms with Crippen LogP contribution in [0, 0.1) is 0 Å². The molecule has 3 aromatic rings. The number of pyridine rings is 1. The molecule has 1 heterocycles. The average Bonchev–Trinajstić information content (AvgIpc) is 3.27. The Morgan fingerprint density at radius 3 is 1.65 bits per heavy atom. The number of aromatic amines is 1.